The molecule has 0 bridgehead atoms. The Morgan fingerprint density at radius 2 is 2.05 bits per heavy atom. The van der Waals surface area contributed by atoms with E-state index in [-0.39, 0.29) is 0 Å². The average Bonchev–Trinajstić information content (AvgIpc) is 2.79. The van der Waals surface area contributed by atoms with Gasteiger partial charge in [0.1, 0.15) is 0 Å². The summed E-state index contributed by atoms with van der Waals surface area (Å²) in [7, 11) is 0. The van der Waals surface area contributed by atoms with Crippen molar-refractivity contribution in [3.63, 3.8) is 0 Å². The van der Waals surface area contributed by atoms with Gasteiger partial charge >= 0.3 is 0 Å². The highest BCUT2D eigenvalue weighted by atomic mass is 15.2. The lowest BCUT2D eigenvalue weighted by atomic mass is 10.1. The normalized spacial score (nSPS) is 28.1. The van der Waals surface area contributed by atoms with E-state index in [1.165, 1.54) is 31.2 Å². The van der Waals surface area contributed by atoms with Crippen molar-refractivity contribution in [3.8, 4) is 0 Å². The third-order valence-electron chi connectivity index (χ3n) is 4.74. The molecule has 2 heteroatoms. The quantitative estimate of drug-likeness (QED) is 0.877. The minimum atomic E-state index is 0.611. The Morgan fingerprint density at radius 1 is 1.21 bits per heavy atom. The van der Waals surface area contributed by atoms with Crippen LogP contribution in [0.1, 0.15) is 43.4 Å². The summed E-state index contributed by atoms with van der Waals surface area (Å²) < 4.78 is 0. The maximum atomic E-state index is 3.59. The maximum absolute atomic E-state index is 3.59. The molecule has 104 valence electrons. The molecule has 1 saturated heterocycles. The first-order chi connectivity index (χ1) is 9.22. The lowest BCUT2D eigenvalue weighted by molar-refractivity contribution is 0.199. The van der Waals surface area contributed by atoms with E-state index in [1.54, 1.807) is 11.1 Å². The van der Waals surface area contributed by atoms with E-state index in [9.17, 15) is 0 Å². The highest BCUT2D eigenvalue weighted by molar-refractivity contribution is 5.35. The summed E-state index contributed by atoms with van der Waals surface area (Å²) in [6, 6.07) is 8.46. The molecule has 1 aliphatic heterocycles. The number of nitrogens with one attached hydrogen (secondary N) is 1. The van der Waals surface area contributed by atoms with Gasteiger partial charge in [-0.2, -0.15) is 0 Å². The molecule has 1 aromatic rings. The summed E-state index contributed by atoms with van der Waals surface area (Å²) in [5.74, 6) is 0. The van der Waals surface area contributed by atoms with Crippen LogP contribution in [0.4, 0.5) is 0 Å². The van der Waals surface area contributed by atoms with Gasteiger partial charge in [-0.1, -0.05) is 18.2 Å². The zero-order valence-electron chi connectivity index (χ0n) is 12.3. The number of benzene rings is 1. The van der Waals surface area contributed by atoms with Gasteiger partial charge < -0.3 is 5.32 Å². The second kappa shape index (κ2) is 5.64. The Labute approximate surface area is 117 Å². The summed E-state index contributed by atoms with van der Waals surface area (Å²) in [6.07, 6.45) is 5.18. The summed E-state index contributed by atoms with van der Waals surface area (Å²) in [4.78, 5) is 2.64. The number of aryl methyl sites for hydroxylation is 2. The van der Waals surface area contributed by atoms with Gasteiger partial charge in [-0.05, 0) is 62.8 Å². The molecule has 0 aromatic heterocycles. The first kappa shape index (κ1) is 13.1. The number of nitrogens with zero attached hydrogens (tertiary/aromatic N) is 1. The third kappa shape index (κ3) is 3.01. The van der Waals surface area contributed by atoms with Gasteiger partial charge in [-0.15, -0.1) is 0 Å². The van der Waals surface area contributed by atoms with Crippen LogP contribution in [0.3, 0.4) is 0 Å². The first-order valence-corrected chi connectivity index (χ1v) is 7.80. The van der Waals surface area contributed by atoms with E-state index in [4.69, 9.17) is 0 Å². The molecular formula is C17H26N2. The lowest BCUT2D eigenvalue weighted by Gasteiger charge is -2.28. The van der Waals surface area contributed by atoms with E-state index in [2.05, 4.69) is 42.3 Å². The van der Waals surface area contributed by atoms with Crippen LogP contribution in [0.2, 0.25) is 0 Å². The van der Waals surface area contributed by atoms with Crippen LogP contribution < -0.4 is 5.32 Å². The Balaban J connectivity index is 1.72. The smallest absolute Gasteiger partial charge is 0.0237 e. The number of hydrogen-bond donors (Lipinski definition) is 1. The van der Waals surface area contributed by atoms with E-state index in [1.807, 2.05) is 0 Å². The van der Waals surface area contributed by atoms with Crippen molar-refractivity contribution >= 4 is 0 Å². The van der Waals surface area contributed by atoms with Crippen molar-refractivity contribution in [2.75, 3.05) is 13.1 Å². The van der Waals surface area contributed by atoms with E-state index in [0.717, 1.165) is 19.6 Å². The van der Waals surface area contributed by atoms with Gasteiger partial charge in [-0.3, -0.25) is 4.90 Å². The Kier molecular flexibility index (Phi) is 3.90. The fraction of sp³-hybridized carbons (Fsp3) is 0.647. The van der Waals surface area contributed by atoms with Crippen LogP contribution in [-0.4, -0.2) is 30.1 Å². The van der Waals surface area contributed by atoms with E-state index >= 15 is 0 Å². The highest BCUT2D eigenvalue weighted by Gasteiger charge is 2.21. The molecule has 2 unspecified atom stereocenters. The van der Waals surface area contributed by atoms with Crippen LogP contribution >= 0.6 is 0 Å². The molecule has 1 aliphatic carbocycles. The van der Waals surface area contributed by atoms with Crippen molar-refractivity contribution < 1.29 is 0 Å². The predicted octanol–water partition coefficient (Wildman–Crippen LogP) is 2.75. The highest BCUT2D eigenvalue weighted by Crippen LogP contribution is 2.24. The molecule has 2 aliphatic rings. The molecule has 19 heavy (non-hydrogen) atoms. The monoisotopic (exact) mass is 258 g/mol. The predicted molar refractivity (Wildman–Crippen MR) is 80.4 cm³/mol. The van der Waals surface area contributed by atoms with Gasteiger partial charge in [-0.25, -0.2) is 0 Å². The zero-order chi connectivity index (χ0) is 13.2. The van der Waals surface area contributed by atoms with Crippen LogP contribution in [-0.2, 0) is 19.4 Å². The minimum absolute atomic E-state index is 0.611. The van der Waals surface area contributed by atoms with Crippen LogP contribution in [0, 0.1) is 0 Å². The molecule has 0 amide bonds. The van der Waals surface area contributed by atoms with Crippen LogP contribution in [0.5, 0.6) is 0 Å². The van der Waals surface area contributed by atoms with Gasteiger partial charge in [0.2, 0.25) is 0 Å². The minimum Gasteiger partial charge on any atom is -0.313 e. The molecule has 0 saturated carbocycles. The van der Waals surface area contributed by atoms with Crippen molar-refractivity contribution in [3.05, 3.63) is 34.9 Å². The number of rotatable bonds is 2. The van der Waals surface area contributed by atoms with Gasteiger partial charge in [0.15, 0.2) is 0 Å². The molecule has 2 nitrogen and oxygen atoms in total. The molecule has 1 N–H and O–H groups in total. The molecular weight excluding hydrogens is 232 g/mol. The molecule has 1 aromatic carbocycles. The Bertz CT molecular complexity index is 441. The fourth-order valence-electron chi connectivity index (χ4n) is 3.50. The second-order valence-corrected chi connectivity index (χ2v) is 6.38. The molecule has 2 atom stereocenters. The summed E-state index contributed by atoms with van der Waals surface area (Å²) >= 11 is 0. The van der Waals surface area contributed by atoms with Crippen LogP contribution in [0.15, 0.2) is 18.2 Å². The maximum Gasteiger partial charge on any atom is 0.0237 e. The van der Waals surface area contributed by atoms with Gasteiger partial charge in [0.25, 0.3) is 0 Å². The molecule has 0 spiro atoms. The van der Waals surface area contributed by atoms with E-state index in [0.29, 0.717) is 12.1 Å². The molecule has 0 radical (unpaired) electrons. The summed E-state index contributed by atoms with van der Waals surface area (Å²) in [6.45, 7) is 8.10. The molecule has 1 heterocycles. The van der Waals surface area contributed by atoms with Crippen molar-refractivity contribution in [2.24, 2.45) is 0 Å². The van der Waals surface area contributed by atoms with Crippen LogP contribution in [0.25, 0.3) is 0 Å². The van der Waals surface area contributed by atoms with Crippen molar-refractivity contribution in [1.29, 1.82) is 0 Å². The number of hydrogen-bond acceptors (Lipinski definition) is 2. The lowest BCUT2D eigenvalue weighted by Crippen LogP contribution is -2.38. The number of fused-ring (bicyclic) bond motifs is 1. The SMILES string of the molecule is CC1CN(Cc2ccc3c(c2)CCC3)C(C)CCN1. The Morgan fingerprint density at radius 3 is 2.95 bits per heavy atom. The van der Waals surface area contributed by atoms with E-state index < -0.39 is 0 Å². The zero-order valence-corrected chi connectivity index (χ0v) is 12.3. The molecule has 3 rings (SSSR count). The van der Waals surface area contributed by atoms with Crippen molar-refractivity contribution in [1.82, 2.24) is 10.2 Å². The average molecular weight is 258 g/mol. The van der Waals surface area contributed by atoms with Gasteiger partial charge in [0.05, 0.1) is 0 Å². The largest absolute Gasteiger partial charge is 0.313 e. The fourth-order valence-corrected chi connectivity index (χ4v) is 3.50. The third-order valence-corrected chi connectivity index (χ3v) is 4.74. The second-order valence-electron chi connectivity index (χ2n) is 6.38. The summed E-state index contributed by atoms with van der Waals surface area (Å²) in [5, 5.41) is 3.59. The standard InChI is InChI=1S/C17H26N2/c1-13-11-19(14(2)8-9-18-13)12-15-6-7-16-4-3-5-17(16)10-15/h6-7,10,13-14,18H,3-5,8-9,11-12H2,1-2H3. The topological polar surface area (TPSA) is 15.3 Å². The summed E-state index contributed by atoms with van der Waals surface area (Å²) in [5.41, 5.74) is 4.69. The molecule has 1 fully saturated rings. The Hall–Kier alpha value is -0.860. The van der Waals surface area contributed by atoms with Crippen molar-refractivity contribution in [2.45, 2.75) is 58.2 Å². The van der Waals surface area contributed by atoms with Gasteiger partial charge in [0, 0.05) is 25.2 Å². The first-order valence-electron chi connectivity index (χ1n) is 7.80.